The lowest BCUT2D eigenvalue weighted by Gasteiger charge is -2.54. The monoisotopic (exact) mass is 680 g/mol. The third-order valence-corrected chi connectivity index (χ3v) is 10.1. The van der Waals surface area contributed by atoms with Crippen molar-refractivity contribution in [2.75, 3.05) is 39.6 Å². The highest BCUT2D eigenvalue weighted by atomic mass is 16.8. The first-order valence-electron chi connectivity index (χ1n) is 18.9. The quantitative estimate of drug-likeness (QED) is 0.0934. The zero-order chi connectivity index (χ0) is 35.3. The van der Waals surface area contributed by atoms with Gasteiger partial charge >= 0.3 is 0 Å². The maximum Gasteiger partial charge on any atom is 0.225 e. The number of aryl methyl sites for hydroxylation is 2. The molecule has 7 nitrogen and oxygen atoms in total. The summed E-state index contributed by atoms with van der Waals surface area (Å²) in [5.41, 5.74) is 3.44. The second-order valence-corrected chi connectivity index (χ2v) is 14.4. The van der Waals surface area contributed by atoms with Crippen molar-refractivity contribution in [3.63, 3.8) is 0 Å². The van der Waals surface area contributed by atoms with E-state index in [1.54, 1.807) is 19.9 Å². The number of aliphatic hydroxyl groups is 1. The molecule has 2 aromatic carbocycles. The van der Waals surface area contributed by atoms with Crippen LogP contribution in [0.15, 0.2) is 55.1 Å². The Bertz CT molecular complexity index is 1270. The standard InChI is InChI=1S/C42H64O7/c1-8-12-26-45-37-38(46-27-13-9-2)41(40(6,7)43)31-48-42(49-41,39(37)47-28-14-10-3)36-23-18-32(5)35(30-36)29-34-21-19-33(20-22-34)17-15-16-25-44-24-11-4/h11,18-23,30,37-39,43H,4,8-10,12-17,24-29,31H2,1-3,5-7H3/t37-,38-,39+,41-,42-/m0/s1. The number of hydrogen-bond donors (Lipinski definition) is 1. The van der Waals surface area contributed by atoms with E-state index in [1.807, 2.05) is 0 Å². The average Bonchev–Trinajstić information content (AvgIpc) is 3.46. The van der Waals surface area contributed by atoms with Crippen molar-refractivity contribution in [2.24, 2.45) is 0 Å². The Labute approximate surface area is 296 Å². The van der Waals surface area contributed by atoms with Gasteiger partial charge in [0.05, 0.1) is 18.8 Å². The fourth-order valence-corrected chi connectivity index (χ4v) is 6.92. The predicted molar refractivity (Wildman–Crippen MR) is 196 cm³/mol. The number of fused-ring (bicyclic) bond motifs is 2. The van der Waals surface area contributed by atoms with E-state index in [1.165, 1.54) is 22.3 Å². The molecule has 274 valence electrons. The molecule has 2 fully saturated rings. The third-order valence-electron chi connectivity index (χ3n) is 10.1. The van der Waals surface area contributed by atoms with Crippen LogP contribution in [-0.2, 0) is 47.0 Å². The number of ether oxygens (including phenoxy) is 6. The topological polar surface area (TPSA) is 75.6 Å². The van der Waals surface area contributed by atoms with Gasteiger partial charge in [0.1, 0.15) is 18.3 Å². The summed E-state index contributed by atoms with van der Waals surface area (Å²) < 4.78 is 39.7. The Morgan fingerprint density at radius 2 is 1.47 bits per heavy atom. The predicted octanol–water partition coefficient (Wildman–Crippen LogP) is 8.39. The van der Waals surface area contributed by atoms with E-state index in [2.05, 4.69) is 76.7 Å². The Balaban J connectivity index is 1.66. The lowest BCUT2D eigenvalue weighted by molar-refractivity contribution is -0.365. The fraction of sp³-hybridized carbons (Fsp3) is 0.667. The summed E-state index contributed by atoms with van der Waals surface area (Å²) in [5.74, 6) is -1.27. The Morgan fingerprint density at radius 3 is 2.10 bits per heavy atom. The molecule has 0 amide bonds. The van der Waals surface area contributed by atoms with Crippen LogP contribution in [-0.4, -0.2) is 74.3 Å². The first-order valence-corrected chi connectivity index (χ1v) is 18.9. The van der Waals surface area contributed by atoms with Crippen molar-refractivity contribution in [2.45, 2.75) is 141 Å². The Morgan fingerprint density at radius 1 is 0.837 bits per heavy atom. The molecule has 5 atom stereocenters. The molecule has 2 aliphatic heterocycles. The normalized spacial score (nSPS) is 25.2. The molecule has 2 heterocycles. The van der Waals surface area contributed by atoms with Gasteiger partial charge < -0.3 is 33.5 Å². The third kappa shape index (κ3) is 9.62. The van der Waals surface area contributed by atoms with Crippen LogP contribution in [0.4, 0.5) is 0 Å². The minimum absolute atomic E-state index is 0.166. The molecule has 4 rings (SSSR count). The van der Waals surface area contributed by atoms with Crippen LogP contribution < -0.4 is 0 Å². The fourth-order valence-electron chi connectivity index (χ4n) is 6.92. The van der Waals surface area contributed by atoms with Crippen molar-refractivity contribution in [3.05, 3.63) is 82.9 Å². The van der Waals surface area contributed by atoms with Gasteiger partial charge in [0, 0.05) is 32.0 Å². The van der Waals surface area contributed by atoms with Crippen LogP contribution >= 0.6 is 0 Å². The number of rotatable bonds is 23. The molecule has 2 bridgehead atoms. The minimum atomic E-state index is -1.28. The smallest absolute Gasteiger partial charge is 0.225 e. The highest BCUT2D eigenvalue weighted by molar-refractivity contribution is 5.40. The van der Waals surface area contributed by atoms with Gasteiger partial charge in [-0.25, -0.2) is 0 Å². The van der Waals surface area contributed by atoms with Crippen LogP contribution in [0.5, 0.6) is 0 Å². The minimum Gasteiger partial charge on any atom is -0.387 e. The first kappa shape index (κ1) is 39.7. The highest BCUT2D eigenvalue weighted by Crippen LogP contribution is 2.56. The van der Waals surface area contributed by atoms with Gasteiger partial charge in [0.15, 0.2) is 5.60 Å². The molecule has 0 spiro atoms. The highest BCUT2D eigenvalue weighted by Gasteiger charge is 2.73. The van der Waals surface area contributed by atoms with Crippen molar-refractivity contribution >= 4 is 0 Å². The number of benzene rings is 2. The van der Waals surface area contributed by atoms with Crippen LogP contribution in [0.3, 0.4) is 0 Å². The molecule has 0 aliphatic carbocycles. The van der Waals surface area contributed by atoms with Crippen LogP contribution in [0, 0.1) is 6.92 Å². The molecule has 0 aromatic heterocycles. The second kappa shape index (κ2) is 18.9. The van der Waals surface area contributed by atoms with Crippen LogP contribution in [0.1, 0.15) is 114 Å². The van der Waals surface area contributed by atoms with Crippen molar-refractivity contribution in [3.8, 4) is 0 Å². The van der Waals surface area contributed by atoms with E-state index in [0.717, 1.165) is 76.4 Å². The SMILES string of the molecule is C=CCOCCCCc1ccc(Cc2cc([C@]34OC[C@](C(C)(C)O)(O3)[C@@H](OCCCC)[C@H](OCCCC)[C@H]4OCCCC)ccc2C)cc1. The first-order chi connectivity index (χ1) is 23.7. The van der Waals surface area contributed by atoms with Gasteiger partial charge in [0.25, 0.3) is 0 Å². The maximum absolute atomic E-state index is 11.8. The zero-order valence-electron chi connectivity index (χ0n) is 31.3. The van der Waals surface area contributed by atoms with E-state index >= 15 is 0 Å². The molecule has 7 heteroatoms. The molecule has 0 saturated carbocycles. The molecule has 2 aromatic rings. The van der Waals surface area contributed by atoms with Gasteiger partial charge in [-0.1, -0.05) is 82.5 Å². The molecule has 1 N–H and O–H groups in total. The number of unbranched alkanes of at least 4 members (excludes halogenated alkanes) is 4. The number of hydrogen-bond acceptors (Lipinski definition) is 7. The van der Waals surface area contributed by atoms with Crippen LogP contribution in [0.2, 0.25) is 0 Å². The van der Waals surface area contributed by atoms with Gasteiger partial charge in [-0.15, -0.1) is 6.58 Å². The molecular formula is C42H64O7. The zero-order valence-corrected chi connectivity index (χ0v) is 31.3. The Kier molecular flexibility index (Phi) is 15.3. The summed E-state index contributed by atoms with van der Waals surface area (Å²) in [5, 5.41) is 11.8. The summed E-state index contributed by atoms with van der Waals surface area (Å²) >= 11 is 0. The van der Waals surface area contributed by atoms with Gasteiger partial charge in [-0.05, 0) is 94.0 Å². The largest absolute Gasteiger partial charge is 0.387 e. The van der Waals surface area contributed by atoms with E-state index < -0.39 is 35.3 Å². The molecule has 2 saturated heterocycles. The van der Waals surface area contributed by atoms with Crippen molar-refractivity contribution in [1.82, 2.24) is 0 Å². The molecule has 0 unspecified atom stereocenters. The second-order valence-electron chi connectivity index (χ2n) is 14.4. The summed E-state index contributed by atoms with van der Waals surface area (Å²) in [7, 11) is 0. The molecule has 0 radical (unpaired) electrons. The van der Waals surface area contributed by atoms with Gasteiger partial charge in [-0.2, -0.15) is 0 Å². The van der Waals surface area contributed by atoms with Gasteiger partial charge in [0.2, 0.25) is 5.79 Å². The summed E-state index contributed by atoms with van der Waals surface area (Å²) in [6.07, 6.45) is 9.85. The van der Waals surface area contributed by atoms with E-state index in [4.69, 9.17) is 28.4 Å². The summed E-state index contributed by atoms with van der Waals surface area (Å²) in [6.45, 7) is 19.1. The molecule has 2 aliphatic rings. The van der Waals surface area contributed by atoms with E-state index in [-0.39, 0.29) is 6.61 Å². The van der Waals surface area contributed by atoms with E-state index in [9.17, 15) is 5.11 Å². The van der Waals surface area contributed by atoms with Gasteiger partial charge in [-0.3, -0.25) is 0 Å². The van der Waals surface area contributed by atoms with Crippen molar-refractivity contribution < 1.29 is 33.5 Å². The maximum atomic E-state index is 11.8. The van der Waals surface area contributed by atoms with Crippen LogP contribution in [0.25, 0.3) is 0 Å². The molecular weight excluding hydrogens is 616 g/mol. The average molecular weight is 681 g/mol. The van der Waals surface area contributed by atoms with Crippen molar-refractivity contribution in [1.29, 1.82) is 0 Å². The summed E-state index contributed by atoms with van der Waals surface area (Å²) in [6, 6.07) is 15.4. The molecule has 49 heavy (non-hydrogen) atoms. The summed E-state index contributed by atoms with van der Waals surface area (Å²) in [4.78, 5) is 0. The Hall–Kier alpha value is -2.10. The van der Waals surface area contributed by atoms with E-state index in [0.29, 0.717) is 26.4 Å². The lowest BCUT2D eigenvalue weighted by Crippen LogP contribution is -2.72. The lowest BCUT2D eigenvalue weighted by atomic mass is 9.74.